The SMILES string of the molecule is CCC[C@@H](C)CC(CC)CCN. The van der Waals surface area contributed by atoms with E-state index < -0.39 is 0 Å². The third-order valence-electron chi connectivity index (χ3n) is 2.67. The standard InChI is InChI=1S/C11H25N/c1-4-6-10(3)9-11(5-2)7-8-12/h10-11H,4-9,12H2,1-3H3/t10-,11?/m1/s1. The lowest BCUT2D eigenvalue weighted by atomic mass is 9.89. The zero-order valence-corrected chi connectivity index (χ0v) is 8.97. The fourth-order valence-electron chi connectivity index (χ4n) is 1.90. The van der Waals surface area contributed by atoms with E-state index in [1.807, 2.05) is 0 Å². The Morgan fingerprint density at radius 1 is 1.17 bits per heavy atom. The number of hydrogen-bond donors (Lipinski definition) is 1. The molecule has 0 bridgehead atoms. The molecule has 0 saturated heterocycles. The van der Waals surface area contributed by atoms with Crippen molar-refractivity contribution >= 4 is 0 Å². The molecule has 0 aliphatic heterocycles. The lowest BCUT2D eigenvalue weighted by Crippen LogP contribution is -2.11. The van der Waals surface area contributed by atoms with Crippen LogP contribution in [0.25, 0.3) is 0 Å². The van der Waals surface area contributed by atoms with Gasteiger partial charge in [0.2, 0.25) is 0 Å². The highest BCUT2D eigenvalue weighted by Crippen LogP contribution is 2.21. The van der Waals surface area contributed by atoms with Crippen LogP contribution in [0.5, 0.6) is 0 Å². The minimum absolute atomic E-state index is 0.858. The normalized spacial score (nSPS) is 16.0. The molecule has 0 aliphatic carbocycles. The summed E-state index contributed by atoms with van der Waals surface area (Å²) in [6, 6.07) is 0. The number of hydrogen-bond acceptors (Lipinski definition) is 1. The van der Waals surface area contributed by atoms with Crippen molar-refractivity contribution in [1.29, 1.82) is 0 Å². The van der Waals surface area contributed by atoms with Crippen LogP contribution >= 0.6 is 0 Å². The van der Waals surface area contributed by atoms with E-state index in [2.05, 4.69) is 20.8 Å². The van der Waals surface area contributed by atoms with Gasteiger partial charge in [0.05, 0.1) is 0 Å². The van der Waals surface area contributed by atoms with E-state index in [0.29, 0.717) is 0 Å². The molecule has 2 N–H and O–H groups in total. The summed E-state index contributed by atoms with van der Waals surface area (Å²) in [6.45, 7) is 7.76. The minimum atomic E-state index is 0.858. The first-order chi connectivity index (χ1) is 5.74. The lowest BCUT2D eigenvalue weighted by Gasteiger charge is -2.18. The molecule has 0 aromatic heterocycles. The Balaban J connectivity index is 3.53. The highest BCUT2D eigenvalue weighted by atomic mass is 14.5. The molecule has 74 valence electrons. The van der Waals surface area contributed by atoms with Gasteiger partial charge in [-0.3, -0.25) is 0 Å². The van der Waals surface area contributed by atoms with Gasteiger partial charge in [-0.1, -0.05) is 40.0 Å². The number of nitrogens with two attached hydrogens (primary N) is 1. The fraction of sp³-hybridized carbons (Fsp3) is 1.00. The maximum atomic E-state index is 5.55. The van der Waals surface area contributed by atoms with Crippen LogP contribution in [-0.4, -0.2) is 6.54 Å². The second-order valence-corrected chi connectivity index (χ2v) is 3.98. The van der Waals surface area contributed by atoms with Crippen molar-refractivity contribution in [2.24, 2.45) is 17.6 Å². The Morgan fingerprint density at radius 3 is 2.25 bits per heavy atom. The highest BCUT2D eigenvalue weighted by molar-refractivity contribution is 4.62. The van der Waals surface area contributed by atoms with Crippen LogP contribution in [0, 0.1) is 11.8 Å². The largest absolute Gasteiger partial charge is 0.330 e. The molecule has 0 rings (SSSR count). The van der Waals surface area contributed by atoms with Gasteiger partial charge >= 0.3 is 0 Å². The van der Waals surface area contributed by atoms with Crippen LogP contribution in [0.15, 0.2) is 0 Å². The fourth-order valence-corrected chi connectivity index (χ4v) is 1.90. The zero-order valence-electron chi connectivity index (χ0n) is 8.97. The van der Waals surface area contributed by atoms with E-state index in [9.17, 15) is 0 Å². The van der Waals surface area contributed by atoms with Crippen LogP contribution < -0.4 is 5.73 Å². The summed E-state index contributed by atoms with van der Waals surface area (Å²) in [5.41, 5.74) is 5.55. The molecule has 2 atom stereocenters. The zero-order chi connectivity index (χ0) is 9.40. The predicted octanol–water partition coefficient (Wildman–Crippen LogP) is 3.19. The summed E-state index contributed by atoms with van der Waals surface area (Å²) in [6.07, 6.45) is 6.58. The molecule has 0 spiro atoms. The Labute approximate surface area is 77.7 Å². The maximum absolute atomic E-state index is 5.55. The summed E-state index contributed by atoms with van der Waals surface area (Å²) in [7, 11) is 0. The Hall–Kier alpha value is -0.0400. The predicted molar refractivity (Wildman–Crippen MR) is 56.1 cm³/mol. The van der Waals surface area contributed by atoms with Crippen molar-refractivity contribution in [3.05, 3.63) is 0 Å². The molecule has 1 nitrogen and oxygen atoms in total. The van der Waals surface area contributed by atoms with E-state index in [0.717, 1.165) is 18.4 Å². The van der Waals surface area contributed by atoms with Crippen molar-refractivity contribution in [2.45, 2.75) is 52.9 Å². The summed E-state index contributed by atoms with van der Waals surface area (Å²) < 4.78 is 0. The van der Waals surface area contributed by atoms with E-state index in [1.54, 1.807) is 0 Å². The van der Waals surface area contributed by atoms with E-state index in [-0.39, 0.29) is 0 Å². The number of rotatable bonds is 7. The molecule has 0 fully saturated rings. The molecule has 1 heteroatoms. The maximum Gasteiger partial charge on any atom is -0.00746 e. The van der Waals surface area contributed by atoms with E-state index in [1.165, 1.54) is 32.1 Å². The van der Waals surface area contributed by atoms with Crippen LogP contribution in [0.2, 0.25) is 0 Å². The molecular weight excluding hydrogens is 146 g/mol. The Morgan fingerprint density at radius 2 is 1.83 bits per heavy atom. The van der Waals surface area contributed by atoms with Crippen LogP contribution in [0.1, 0.15) is 52.9 Å². The molecule has 0 saturated carbocycles. The Kier molecular flexibility index (Phi) is 7.58. The second-order valence-electron chi connectivity index (χ2n) is 3.98. The van der Waals surface area contributed by atoms with Gasteiger partial charge in [0.15, 0.2) is 0 Å². The first kappa shape index (κ1) is 12.0. The smallest absolute Gasteiger partial charge is 0.00746 e. The van der Waals surface area contributed by atoms with Crippen molar-refractivity contribution in [3.63, 3.8) is 0 Å². The van der Waals surface area contributed by atoms with Gasteiger partial charge in [0, 0.05) is 0 Å². The molecule has 0 amide bonds. The van der Waals surface area contributed by atoms with Gasteiger partial charge in [-0.15, -0.1) is 0 Å². The molecule has 0 radical (unpaired) electrons. The van der Waals surface area contributed by atoms with Crippen LogP contribution in [0.3, 0.4) is 0 Å². The summed E-state index contributed by atoms with van der Waals surface area (Å²) in [5.74, 6) is 1.77. The van der Waals surface area contributed by atoms with E-state index in [4.69, 9.17) is 5.73 Å². The second kappa shape index (κ2) is 7.60. The topological polar surface area (TPSA) is 26.0 Å². The van der Waals surface area contributed by atoms with E-state index >= 15 is 0 Å². The molecule has 0 aromatic rings. The van der Waals surface area contributed by atoms with Crippen molar-refractivity contribution in [2.75, 3.05) is 6.54 Å². The van der Waals surface area contributed by atoms with Gasteiger partial charge in [-0.05, 0) is 31.2 Å². The minimum Gasteiger partial charge on any atom is -0.330 e. The van der Waals surface area contributed by atoms with Gasteiger partial charge in [0.25, 0.3) is 0 Å². The first-order valence-electron chi connectivity index (χ1n) is 5.44. The molecule has 0 aliphatic rings. The molecule has 12 heavy (non-hydrogen) atoms. The van der Waals surface area contributed by atoms with Crippen LogP contribution in [-0.2, 0) is 0 Å². The first-order valence-corrected chi connectivity index (χ1v) is 5.44. The van der Waals surface area contributed by atoms with Crippen molar-refractivity contribution < 1.29 is 0 Å². The summed E-state index contributed by atoms with van der Waals surface area (Å²) >= 11 is 0. The highest BCUT2D eigenvalue weighted by Gasteiger charge is 2.09. The molecule has 0 heterocycles. The third-order valence-corrected chi connectivity index (χ3v) is 2.67. The monoisotopic (exact) mass is 171 g/mol. The molecule has 1 unspecified atom stereocenters. The van der Waals surface area contributed by atoms with Crippen molar-refractivity contribution in [1.82, 2.24) is 0 Å². The van der Waals surface area contributed by atoms with Crippen molar-refractivity contribution in [3.8, 4) is 0 Å². The molecule has 0 aromatic carbocycles. The summed E-state index contributed by atoms with van der Waals surface area (Å²) in [5, 5.41) is 0. The average molecular weight is 171 g/mol. The van der Waals surface area contributed by atoms with Crippen LogP contribution in [0.4, 0.5) is 0 Å². The van der Waals surface area contributed by atoms with Gasteiger partial charge < -0.3 is 5.73 Å². The van der Waals surface area contributed by atoms with Gasteiger partial charge in [0.1, 0.15) is 0 Å². The third kappa shape index (κ3) is 5.59. The Bertz CT molecular complexity index is 91.0. The van der Waals surface area contributed by atoms with Gasteiger partial charge in [-0.2, -0.15) is 0 Å². The average Bonchev–Trinajstić information content (AvgIpc) is 2.04. The lowest BCUT2D eigenvalue weighted by molar-refractivity contribution is 0.349. The quantitative estimate of drug-likeness (QED) is 0.625. The van der Waals surface area contributed by atoms with Gasteiger partial charge in [-0.25, -0.2) is 0 Å². The molecular formula is C11H25N. The summed E-state index contributed by atoms with van der Waals surface area (Å²) in [4.78, 5) is 0.